The van der Waals surface area contributed by atoms with Gasteiger partial charge in [-0.15, -0.1) is 0 Å². The molecular weight excluding hydrogens is 268 g/mol. The van der Waals surface area contributed by atoms with Crippen LogP contribution in [0, 0.1) is 6.92 Å². The number of esters is 1. The number of hydrogen-bond acceptors (Lipinski definition) is 4. The summed E-state index contributed by atoms with van der Waals surface area (Å²) in [6.45, 7) is 6.57. The monoisotopic (exact) mass is 292 g/mol. The molecule has 0 unspecified atom stereocenters. The number of nitrogens with one attached hydrogen (secondary N) is 1. The third-order valence-corrected chi connectivity index (χ3v) is 3.13. The first kappa shape index (κ1) is 17.1. The van der Waals surface area contributed by atoms with Crippen molar-refractivity contribution in [2.75, 3.05) is 13.2 Å². The van der Waals surface area contributed by atoms with Crippen LogP contribution in [0.5, 0.6) is 0 Å². The Kier molecular flexibility index (Phi) is 7.43. The van der Waals surface area contributed by atoms with Crippen LogP contribution >= 0.6 is 0 Å². The lowest BCUT2D eigenvalue weighted by molar-refractivity contribution is 0.0524. The second-order valence-electron chi connectivity index (χ2n) is 4.87. The fraction of sp³-hybridized carbons (Fsp3) is 0.562. The predicted molar refractivity (Wildman–Crippen MR) is 81.4 cm³/mol. The maximum Gasteiger partial charge on any atom is 0.339 e. The smallest absolute Gasteiger partial charge is 0.339 e. The van der Waals surface area contributed by atoms with Gasteiger partial charge in [0.15, 0.2) is 0 Å². The number of rotatable bonds is 8. The molecule has 1 heterocycles. The minimum atomic E-state index is -0.408. The molecule has 0 saturated carbocycles. The van der Waals surface area contributed by atoms with Gasteiger partial charge in [-0.05, 0) is 32.4 Å². The van der Waals surface area contributed by atoms with Crippen LogP contribution in [-0.2, 0) is 4.74 Å². The number of ether oxygens (including phenoxy) is 1. The average molecular weight is 292 g/mol. The number of amides is 1. The van der Waals surface area contributed by atoms with Gasteiger partial charge < -0.3 is 10.1 Å². The first-order valence-electron chi connectivity index (χ1n) is 7.53. The number of hydrogen-bond donors (Lipinski definition) is 1. The number of carbonyl (C=O) groups excluding carboxylic acids is 2. The Morgan fingerprint density at radius 2 is 1.95 bits per heavy atom. The largest absolute Gasteiger partial charge is 0.462 e. The van der Waals surface area contributed by atoms with Crippen molar-refractivity contribution < 1.29 is 14.3 Å². The summed E-state index contributed by atoms with van der Waals surface area (Å²) in [4.78, 5) is 27.8. The molecule has 0 aliphatic rings. The van der Waals surface area contributed by atoms with Crippen LogP contribution in [0.25, 0.3) is 0 Å². The molecule has 0 saturated heterocycles. The van der Waals surface area contributed by atoms with Gasteiger partial charge in [-0.2, -0.15) is 0 Å². The fourth-order valence-corrected chi connectivity index (χ4v) is 1.96. The number of aromatic nitrogens is 1. The van der Waals surface area contributed by atoms with E-state index in [-0.39, 0.29) is 5.91 Å². The van der Waals surface area contributed by atoms with E-state index in [2.05, 4.69) is 17.2 Å². The molecule has 0 spiro atoms. The summed E-state index contributed by atoms with van der Waals surface area (Å²) < 4.78 is 4.93. The van der Waals surface area contributed by atoms with Gasteiger partial charge in [-0.1, -0.05) is 26.2 Å². The molecule has 0 aliphatic carbocycles. The van der Waals surface area contributed by atoms with Gasteiger partial charge >= 0.3 is 5.97 Å². The van der Waals surface area contributed by atoms with Crippen LogP contribution in [0.2, 0.25) is 0 Å². The highest BCUT2D eigenvalue weighted by molar-refractivity contribution is 5.94. The van der Waals surface area contributed by atoms with E-state index in [9.17, 15) is 9.59 Å². The Labute approximate surface area is 126 Å². The van der Waals surface area contributed by atoms with Gasteiger partial charge in [0.1, 0.15) is 5.69 Å². The summed E-state index contributed by atoms with van der Waals surface area (Å²) in [6, 6.07) is 3.15. The minimum absolute atomic E-state index is 0.204. The van der Waals surface area contributed by atoms with E-state index in [0.717, 1.165) is 12.8 Å². The number of nitrogens with zero attached hydrogens (tertiary/aromatic N) is 1. The van der Waals surface area contributed by atoms with Crippen LogP contribution < -0.4 is 5.32 Å². The van der Waals surface area contributed by atoms with Crippen molar-refractivity contribution >= 4 is 11.9 Å². The predicted octanol–water partition coefficient (Wildman–Crippen LogP) is 2.88. The summed E-state index contributed by atoms with van der Waals surface area (Å²) in [7, 11) is 0. The van der Waals surface area contributed by atoms with Gasteiger partial charge in [0.05, 0.1) is 17.9 Å². The third-order valence-electron chi connectivity index (χ3n) is 3.13. The van der Waals surface area contributed by atoms with Crippen molar-refractivity contribution in [2.24, 2.45) is 0 Å². The molecule has 116 valence electrons. The van der Waals surface area contributed by atoms with Crippen LogP contribution in [0.1, 0.15) is 66.1 Å². The fourth-order valence-electron chi connectivity index (χ4n) is 1.96. The van der Waals surface area contributed by atoms with Crippen molar-refractivity contribution in [3.8, 4) is 0 Å². The second kappa shape index (κ2) is 9.10. The number of unbranched alkanes of at least 4 members (excludes halogenated alkanes) is 3. The van der Waals surface area contributed by atoms with E-state index in [0.29, 0.717) is 30.1 Å². The van der Waals surface area contributed by atoms with Gasteiger partial charge in [0, 0.05) is 6.54 Å². The zero-order valence-electron chi connectivity index (χ0n) is 13.1. The van der Waals surface area contributed by atoms with E-state index in [1.54, 1.807) is 26.0 Å². The van der Waals surface area contributed by atoms with Crippen molar-refractivity contribution in [3.05, 3.63) is 29.1 Å². The van der Waals surface area contributed by atoms with E-state index >= 15 is 0 Å². The van der Waals surface area contributed by atoms with Crippen molar-refractivity contribution in [2.45, 2.75) is 46.5 Å². The van der Waals surface area contributed by atoms with Gasteiger partial charge in [0.2, 0.25) is 0 Å². The Hall–Kier alpha value is -1.91. The quantitative estimate of drug-likeness (QED) is 0.591. The van der Waals surface area contributed by atoms with Gasteiger partial charge in [-0.3, -0.25) is 4.79 Å². The first-order chi connectivity index (χ1) is 10.1. The lowest BCUT2D eigenvalue weighted by atomic mass is 10.1. The van der Waals surface area contributed by atoms with Gasteiger partial charge in [-0.25, -0.2) is 9.78 Å². The summed E-state index contributed by atoms with van der Waals surface area (Å²) in [6.07, 6.45) is 4.44. The molecule has 0 aliphatic heterocycles. The van der Waals surface area contributed by atoms with Gasteiger partial charge in [0.25, 0.3) is 5.91 Å². The molecule has 0 bridgehead atoms. The topological polar surface area (TPSA) is 68.3 Å². The highest BCUT2D eigenvalue weighted by Crippen LogP contribution is 2.09. The average Bonchev–Trinajstić information content (AvgIpc) is 2.46. The Bertz CT molecular complexity index is 486. The molecule has 5 heteroatoms. The van der Waals surface area contributed by atoms with Crippen molar-refractivity contribution in [1.82, 2.24) is 10.3 Å². The number of carbonyl (C=O) groups is 2. The highest BCUT2D eigenvalue weighted by atomic mass is 16.5. The molecule has 0 radical (unpaired) electrons. The molecule has 1 N–H and O–H groups in total. The van der Waals surface area contributed by atoms with Crippen molar-refractivity contribution in [3.63, 3.8) is 0 Å². The second-order valence-corrected chi connectivity index (χ2v) is 4.87. The molecule has 0 aromatic carbocycles. The number of aryl methyl sites for hydroxylation is 1. The zero-order valence-corrected chi connectivity index (χ0v) is 13.1. The Balaban J connectivity index is 2.58. The summed E-state index contributed by atoms with van der Waals surface area (Å²) in [5.41, 5.74) is 1.24. The van der Waals surface area contributed by atoms with Crippen molar-refractivity contribution in [1.29, 1.82) is 0 Å². The number of pyridine rings is 1. The Morgan fingerprint density at radius 3 is 2.57 bits per heavy atom. The zero-order chi connectivity index (χ0) is 15.7. The lowest BCUT2D eigenvalue weighted by Gasteiger charge is -2.08. The molecule has 5 nitrogen and oxygen atoms in total. The van der Waals surface area contributed by atoms with Crippen LogP contribution in [0.4, 0.5) is 0 Å². The van der Waals surface area contributed by atoms with Crippen LogP contribution in [-0.4, -0.2) is 30.0 Å². The lowest BCUT2D eigenvalue weighted by Crippen LogP contribution is -2.26. The maximum absolute atomic E-state index is 11.9. The molecule has 1 amide bonds. The van der Waals surface area contributed by atoms with E-state index < -0.39 is 5.97 Å². The first-order valence-corrected chi connectivity index (χ1v) is 7.53. The standard InChI is InChI=1S/C16H24N2O3/c1-4-6-7-8-11-17-15(19)14-10-9-13(12(3)18-14)16(20)21-5-2/h9-10H,4-8,11H2,1-3H3,(H,17,19). The molecule has 1 aromatic heterocycles. The SMILES string of the molecule is CCCCCCNC(=O)c1ccc(C(=O)OCC)c(C)n1. The Morgan fingerprint density at radius 1 is 1.19 bits per heavy atom. The maximum atomic E-state index is 11.9. The normalized spacial score (nSPS) is 10.2. The molecule has 1 aromatic rings. The van der Waals surface area contributed by atoms with Crippen LogP contribution in [0.3, 0.4) is 0 Å². The minimum Gasteiger partial charge on any atom is -0.462 e. The third kappa shape index (κ3) is 5.53. The van der Waals surface area contributed by atoms with E-state index in [1.807, 2.05) is 0 Å². The molecule has 21 heavy (non-hydrogen) atoms. The highest BCUT2D eigenvalue weighted by Gasteiger charge is 2.14. The summed E-state index contributed by atoms with van der Waals surface area (Å²) in [5.74, 6) is -0.612. The molecule has 0 fully saturated rings. The summed E-state index contributed by atoms with van der Waals surface area (Å²) >= 11 is 0. The van der Waals surface area contributed by atoms with E-state index in [4.69, 9.17) is 4.74 Å². The molecular formula is C16H24N2O3. The molecule has 1 rings (SSSR count). The van der Waals surface area contributed by atoms with E-state index in [1.165, 1.54) is 12.8 Å². The van der Waals surface area contributed by atoms with Crippen LogP contribution in [0.15, 0.2) is 12.1 Å². The molecule has 0 atom stereocenters. The summed E-state index contributed by atoms with van der Waals surface area (Å²) in [5, 5.41) is 2.84.